The second kappa shape index (κ2) is 4.50. The average Bonchev–Trinajstić information content (AvgIpc) is 2.42. The molecule has 3 rings (SSSR count). The Kier molecular flexibility index (Phi) is 2.94. The second-order valence-electron chi connectivity index (χ2n) is 5.69. The molecule has 0 spiro atoms. The van der Waals surface area contributed by atoms with Crippen molar-refractivity contribution in [3.8, 4) is 0 Å². The summed E-state index contributed by atoms with van der Waals surface area (Å²) in [4.78, 5) is 0. The summed E-state index contributed by atoms with van der Waals surface area (Å²) in [7, 11) is 0. The largest absolute Gasteiger partial charge is 0.380 e. The summed E-state index contributed by atoms with van der Waals surface area (Å²) in [5.41, 5.74) is 5.01. The molecule has 0 heterocycles. The molecule has 0 saturated heterocycles. The fourth-order valence-corrected chi connectivity index (χ4v) is 3.27. The van der Waals surface area contributed by atoms with E-state index in [0.29, 0.717) is 0 Å². The monoisotopic (exact) mass is 252 g/mol. The number of hydrogen-bond donors (Lipinski definition) is 1. The first-order valence-electron chi connectivity index (χ1n) is 7.00. The van der Waals surface area contributed by atoms with Gasteiger partial charge in [-0.1, -0.05) is 48.0 Å². The number of aliphatic hydroxyl groups is 1. The zero-order chi connectivity index (χ0) is 13.5. The van der Waals surface area contributed by atoms with Gasteiger partial charge < -0.3 is 5.11 Å². The highest BCUT2D eigenvalue weighted by Crippen LogP contribution is 2.41. The molecule has 0 aliphatic heterocycles. The van der Waals surface area contributed by atoms with Gasteiger partial charge in [0.1, 0.15) is 5.60 Å². The summed E-state index contributed by atoms with van der Waals surface area (Å²) < 4.78 is 0. The van der Waals surface area contributed by atoms with Crippen molar-refractivity contribution in [1.29, 1.82) is 0 Å². The Hall–Kier alpha value is -1.60. The van der Waals surface area contributed by atoms with Gasteiger partial charge in [0, 0.05) is 0 Å². The molecule has 1 aliphatic carbocycles. The average molecular weight is 252 g/mol. The molecule has 0 bridgehead atoms. The first-order valence-corrected chi connectivity index (χ1v) is 7.00. The molecular formula is C18H20O. The van der Waals surface area contributed by atoms with Gasteiger partial charge in [-0.15, -0.1) is 0 Å². The van der Waals surface area contributed by atoms with Crippen molar-refractivity contribution in [2.24, 2.45) is 0 Å². The van der Waals surface area contributed by atoms with Crippen molar-refractivity contribution < 1.29 is 5.11 Å². The van der Waals surface area contributed by atoms with E-state index in [0.717, 1.165) is 30.4 Å². The van der Waals surface area contributed by atoms with E-state index in [4.69, 9.17) is 0 Å². The molecule has 0 saturated carbocycles. The standard InChI is InChI=1S/C18H20O/c1-13-9-10-14(2)17(12-13)18(19)11-5-7-15-6-3-4-8-16(15)18/h3-4,6,8-10,12,19H,5,7,11H2,1-2H3. The number of aryl methyl sites for hydroxylation is 3. The third-order valence-electron chi connectivity index (χ3n) is 4.29. The van der Waals surface area contributed by atoms with Crippen LogP contribution < -0.4 is 0 Å². The highest BCUT2D eigenvalue weighted by atomic mass is 16.3. The molecule has 1 atom stereocenters. The minimum absolute atomic E-state index is 0.814. The topological polar surface area (TPSA) is 20.2 Å². The highest BCUT2D eigenvalue weighted by Gasteiger charge is 2.36. The first-order chi connectivity index (χ1) is 9.11. The lowest BCUT2D eigenvalue weighted by molar-refractivity contribution is 0.0609. The lowest BCUT2D eigenvalue weighted by Crippen LogP contribution is -2.32. The van der Waals surface area contributed by atoms with Gasteiger partial charge in [-0.25, -0.2) is 0 Å². The van der Waals surface area contributed by atoms with E-state index in [2.05, 4.69) is 50.2 Å². The minimum Gasteiger partial charge on any atom is -0.380 e. The lowest BCUT2D eigenvalue weighted by Gasteiger charge is -2.36. The zero-order valence-corrected chi connectivity index (χ0v) is 11.6. The van der Waals surface area contributed by atoms with Crippen LogP contribution in [-0.4, -0.2) is 5.11 Å². The maximum Gasteiger partial charge on any atom is 0.115 e. The Morgan fingerprint density at radius 3 is 2.63 bits per heavy atom. The van der Waals surface area contributed by atoms with E-state index in [9.17, 15) is 5.11 Å². The fraction of sp³-hybridized carbons (Fsp3) is 0.333. The van der Waals surface area contributed by atoms with Crippen LogP contribution in [0, 0.1) is 13.8 Å². The third-order valence-corrected chi connectivity index (χ3v) is 4.29. The summed E-state index contributed by atoms with van der Waals surface area (Å²) in [6.45, 7) is 4.17. The first kappa shape index (κ1) is 12.4. The van der Waals surface area contributed by atoms with E-state index in [1.165, 1.54) is 16.7 Å². The molecule has 1 N–H and O–H groups in total. The quantitative estimate of drug-likeness (QED) is 0.816. The van der Waals surface area contributed by atoms with E-state index in [-0.39, 0.29) is 0 Å². The van der Waals surface area contributed by atoms with Gasteiger partial charge >= 0.3 is 0 Å². The van der Waals surface area contributed by atoms with Crippen LogP contribution in [0.25, 0.3) is 0 Å². The fourth-order valence-electron chi connectivity index (χ4n) is 3.27. The molecule has 2 aromatic rings. The maximum atomic E-state index is 11.3. The summed E-state index contributed by atoms with van der Waals surface area (Å²) in [6, 6.07) is 14.7. The van der Waals surface area contributed by atoms with E-state index in [1.807, 2.05) is 6.07 Å². The third kappa shape index (κ3) is 1.98. The predicted octanol–water partition coefficient (Wildman–Crippen LogP) is 3.88. The Balaban J connectivity index is 2.21. The van der Waals surface area contributed by atoms with Crippen LogP contribution in [0.15, 0.2) is 42.5 Å². The highest BCUT2D eigenvalue weighted by molar-refractivity contribution is 5.46. The van der Waals surface area contributed by atoms with Gasteiger partial charge in [-0.05, 0) is 55.4 Å². The van der Waals surface area contributed by atoms with E-state index < -0.39 is 5.60 Å². The molecule has 1 aliphatic rings. The number of hydrogen-bond acceptors (Lipinski definition) is 1. The van der Waals surface area contributed by atoms with Crippen LogP contribution in [0.2, 0.25) is 0 Å². The Labute approximate surface area is 114 Å². The molecule has 0 aromatic heterocycles. The molecular weight excluding hydrogens is 232 g/mol. The van der Waals surface area contributed by atoms with Crippen LogP contribution in [0.1, 0.15) is 40.7 Å². The van der Waals surface area contributed by atoms with Crippen molar-refractivity contribution in [1.82, 2.24) is 0 Å². The summed E-state index contributed by atoms with van der Waals surface area (Å²) in [6.07, 6.45) is 2.93. The van der Waals surface area contributed by atoms with Gasteiger partial charge in [-0.2, -0.15) is 0 Å². The maximum absolute atomic E-state index is 11.3. The molecule has 0 radical (unpaired) electrons. The van der Waals surface area contributed by atoms with Crippen molar-refractivity contribution in [3.63, 3.8) is 0 Å². The molecule has 0 fully saturated rings. The molecule has 0 amide bonds. The van der Waals surface area contributed by atoms with Crippen LogP contribution in [-0.2, 0) is 12.0 Å². The number of benzene rings is 2. The van der Waals surface area contributed by atoms with Crippen LogP contribution >= 0.6 is 0 Å². The van der Waals surface area contributed by atoms with Crippen LogP contribution in [0.4, 0.5) is 0 Å². The molecule has 1 unspecified atom stereocenters. The number of rotatable bonds is 1. The Morgan fingerprint density at radius 2 is 1.79 bits per heavy atom. The SMILES string of the molecule is Cc1ccc(C)c(C2(O)CCCc3ccccc32)c1. The number of fused-ring (bicyclic) bond motifs is 1. The minimum atomic E-state index is -0.815. The zero-order valence-electron chi connectivity index (χ0n) is 11.6. The lowest BCUT2D eigenvalue weighted by atomic mass is 9.73. The molecule has 2 aromatic carbocycles. The van der Waals surface area contributed by atoms with Gasteiger partial charge in [0.15, 0.2) is 0 Å². The van der Waals surface area contributed by atoms with Crippen molar-refractivity contribution >= 4 is 0 Å². The summed E-state index contributed by atoms with van der Waals surface area (Å²) in [5, 5.41) is 11.3. The smallest absolute Gasteiger partial charge is 0.115 e. The van der Waals surface area contributed by atoms with Gasteiger partial charge in [-0.3, -0.25) is 0 Å². The summed E-state index contributed by atoms with van der Waals surface area (Å²) in [5.74, 6) is 0. The van der Waals surface area contributed by atoms with Gasteiger partial charge in [0.25, 0.3) is 0 Å². The molecule has 1 nitrogen and oxygen atoms in total. The van der Waals surface area contributed by atoms with Crippen LogP contribution in [0.5, 0.6) is 0 Å². The summed E-state index contributed by atoms with van der Waals surface area (Å²) >= 11 is 0. The Bertz CT molecular complexity index is 615. The normalized spacial score (nSPS) is 22.1. The molecule has 19 heavy (non-hydrogen) atoms. The second-order valence-corrected chi connectivity index (χ2v) is 5.69. The van der Waals surface area contributed by atoms with E-state index in [1.54, 1.807) is 0 Å². The van der Waals surface area contributed by atoms with E-state index >= 15 is 0 Å². The van der Waals surface area contributed by atoms with Crippen molar-refractivity contribution in [3.05, 3.63) is 70.3 Å². The van der Waals surface area contributed by atoms with Gasteiger partial charge in [0.2, 0.25) is 0 Å². The van der Waals surface area contributed by atoms with Crippen molar-refractivity contribution in [2.45, 2.75) is 38.7 Å². The predicted molar refractivity (Wildman–Crippen MR) is 78.3 cm³/mol. The van der Waals surface area contributed by atoms with Crippen molar-refractivity contribution in [2.75, 3.05) is 0 Å². The Morgan fingerprint density at radius 1 is 1.00 bits per heavy atom. The van der Waals surface area contributed by atoms with Gasteiger partial charge in [0.05, 0.1) is 0 Å². The van der Waals surface area contributed by atoms with Crippen LogP contribution in [0.3, 0.4) is 0 Å². The molecule has 98 valence electrons. The molecule has 1 heteroatoms.